The first-order valence-electron chi connectivity index (χ1n) is 12.1. The molecule has 1 fully saturated rings. The normalized spacial score (nSPS) is 16.4. The number of nitrogens with zero attached hydrogens (tertiary/aromatic N) is 3. The van der Waals surface area contributed by atoms with Gasteiger partial charge in [-0.15, -0.1) is 0 Å². The van der Waals surface area contributed by atoms with Gasteiger partial charge in [-0.1, -0.05) is 103 Å². The van der Waals surface area contributed by atoms with Gasteiger partial charge in [0.2, 0.25) is 0 Å². The molecule has 1 atom stereocenters. The van der Waals surface area contributed by atoms with E-state index < -0.39 is 0 Å². The highest BCUT2D eigenvalue weighted by Crippen LogP contribution is 2.34. The first-order chi connectivity index (χ1) is 17.7. The highest BCUT2D eigenvalue weighted by atomic mass is 16.5. The van der Waals surface area contributed by atoms with Crippen molar-refractivity contribution in [2.24, 2.45) is 5.10 Å². The number of benzene rings is 4. The van der Waals surface area contributed by atoms with Gasteiger partial charge in [0.15, 0.2) is 0 Å². The van der Waals surface area contributed by atoms with E-state index in [-0.39, 0.29) is 12.1 Å². The molecule has 0 aromatic heterocycles. The Hall–Kier alpha value is -4.22. The van der Waals surface area contributed by atoms with Crippen LogP contribution in [0.2, 0.25) is 0 Å². The number of carbonyl (C=O) groups excluding carboxylic acids is 1. The van der Waals surface area contributed by atoms with Crippen molar-refractivity contribution in [2.45, 2.75) is 26.2 Å². The lowest BCUT2D eigenvalue weighted by Crippen LogP contribution is -2.29. The van der Waals surface area contributed by atoms with Gasteiger partial charge in [-0.2, -0.15) is 5.10 Å². The zero-order valence-electron chi connectivity index (χ0n) is 20.3. The first-order valence-corrected chi connectivity index (χ1v) is 12.1. The summed E-state index contributed by atoms with van der Waals surface area (Å²) in [6, 6.07) is 38.3. The highest BCUT2D eigenvalue weighted by molar-refractivity contribution is 5.99. The number of carbonyl (C=O) groups is 1. The number of hydrogen-bond donors (Lipinski definition) is 0. The fraction of sp³-hybridized carbons (Fsp3) is 0.161. The van der Waals surface area contributed by atoms with Gasteiger partial charge in [0, 0.05) is 6.54 Å². The molecular weight excluding hydrogens is 446 g/mol. The van der Waals surface area contributed by atoms with Gasteiger partial charge in [0.05, 0.1) is 12.3 Å². The molecule has 0 aliphatic carbocycles. The zero-order valence-corrected chi connectivity index (χ0v) is 20.3. The molecule has 36 heavy (non-hydrogen) atoms. The Morgan fingerprint density at radius 2 is 1.39 bits per heavy atom. The number of rotatable bonds is 8. The Bertz CT molecular complexity index is 1310. The minimum Gasteiger partial charge on any atom is -0.489 e. The van der Waals surface area contributed by atoms with Crippen LogP contribution in [-0.2, 0) is 17.9 Å². The van der Waals surface area contributed by atoms with E-state index in [0.29, 0.717) is 19.7 Å². The molecule has 1 saturated heterocycles. The van der Waals surface area contributed by atoms with E-state index in [2.05, 4.69) is 17.0 Å². The fourth-order valence-corrected chi connectivity index (χ4v) is 4.42. The van der Waals surface area contributed by atoms with Crippen LogP contribution >= 0.6 is 0 Å². The molecule has 5 nitrogen and oxygen atoms in total. The Morgan fingerprint density at radius 3 is 2.03 bits per heavy atom. The van der Waals surface area contributed by atoms with Crippen LogP contribution in [0.5, 0.6) is 5.75 Å². The molecule has 1 heterocycles. The van der Waals surface area contributed by atoms with E-state index in [9.17, 15) is 4.79 Å². The average molecular weight is 476 g/mol. The van der Waals surface area contributed by atoms with Crippen molar-refractivity contribution < 1.29 is 9.53 Å². The van der Waals surface area contributed by atoms with Crippen LogP contribution in [0.1, 0.15) is 35.3 Å². The third-order valence-electron chi connectivity index (χ3n) is 6.28. The SMILES string of the molecule is C/C(=N/N1C(=O)CN(Cc2ccccc2)[C@H]1c1ccc(OCc2ccccc2)cc1)c1ccccc1. The molecule has 4 aromatic rings. The minimum atomic E-state index is -0.306. The molecule has 0 N–H and O–H groups in total. The van der Waals surface area contributed by atoms with E-state index in [1.54, 1.807) is 5.01 Å². The number of amides is 1. The largest absolute Gasteiger partial charge is 0.489 e. The second kappa shape index (κ2) is 11.0. The van der Waals surface area contributed by atoms with E-state index >= 15 is 0 Å². The van der Waals surface area contributed by atoms with Crippen LogP contribution < -0.4 is 4.74 Å². The molecule has 1 aliphatic rings. The maximum Gasteiger partial charge on any atom is 0.258 e. The lowest BCUT2D eigenvalue weighted by Gasteiger charge is -2.28. The standard InChI is InChI=1S/C31H29N3O2/c1-24(27-15-9-4-10-16-27)32-34-30(35)22-33(21-25-11-5-2-6-12-25)31(34)28-17-19-29(20-18-28)36-23-26-13-7-3-8-14-26/h2-20,31H,21-23H2,1H3/b32-24-/t31-/m1/s1. The predicted molar refractivity (Wildman–Crippen MR) is 142 cm³/mol. The summed E-state index contributed by atoms with van der Waals surface area (Å²) in [4.78, 5) is 15.4. The van der Waals surface area contributed by atoms with Crippen molar-refractivity contribution in [1.29, 1.82) is 0 Å². The van der Waals surface area contributed by atoms with Crippen molar-refractivity contribution in [3.05, 3.63) is 138 Å². The molecule has 0 saturated carbocycles. The maximum absolute atomic E-state index is 13.2. The van der Waals surface area contributed by atoms with Crippen LogP contribution in [0.25, 0.3) is 0 Å². The Balaban J connectivity index is 1.41. The topological polar surface area (TPSA) is 45.1 Å². The summed E-state index contributed by atoms with van der Waals surface area (Å²) < 4.78 is 5.98. The number of hydrazone groups is 1. The number of hydrogen-bond acceptors (Lipinski definition) is 4. The molecule has 0 unspecified atom stereocenters. The Morgan fingerprint density at radius 1 is 0.806 bits per heavy atom. The number of ether oxygens (including phenoxy) is 1. The third-order valence-corrected chi connectivity index (χ3v) is 6.28. The second-order valence-corrected chi connectivity index (χ2v) is 8.90. The van der Waals surface area contributed by atoms with Crippen molar-refractivity contribution in [2.75, 3.05) is 6.54 Å². The average Bonchev–Trinajstić information content (AvgIpc) is 3.23. The molecular formula is C31H29N3O2. The first kappa shape index (κ1) is 23.5. The van der Waals surface area contributed by atoms with E-state index in [4.69, 9.17) is 9.84 Å². The summed E-state index contributed by atoms with van der Waals surface area (Å²) >= 11 is 0. The third kappa shape index (κ3) is 5.53. The van der Waals surface area contributed by atoms with Gasteiger partial charge in [-0.05, 0) is 41.3 Å². The molecule has 0 bridgehead atoms. The molecule has 0 radical (unpaired) electrons. The Kier molecular flexibility index (Phi) is 7.20. The summed E-state index contributed by atoms with van der Waals surface area (Å²) in [6.45, 7) is 3.41. The van der Waals surface area contributed by atoms with Gasteiger partial charge in [0.1, 0.15) is 18.5 Å². The maximum atomic E-state index is 13.2. The van der Waals surface area contributed by atoms with Crippen molar-refractivity contribution in [3.8, 4) is 5.75 Å². The molecule has 1 aliphatic heterocycles. The van der Waals surface area contributed by atoms with Gasteiger partial charge in [-0.25, -0.2) is 5.01 Å². The van der Waals surface area contributed by atoms with E-state index in [1.165, 1.54) is 0 Å². The van der Waals surface area contributed by atoms with Gasteiger partial charge >= 0.3 is 0 Å². The van der Waals surface area contributed by atoms with Crippen LogP contribution in [0.4, 0.5) is 0 Å². The van der Waals surface area contributed by atoms with E-state index in [1.807, 2.05) is 110 Å². The second-order valence-electron chi connectivity index (χ2n) is 8.90. The fourth-order valence-electron chi connectivity index (χ4n) is 4.42. The molecule has 5 rings (SSSR count). The summed E-state index contributed by atoms with van der Waals surface area (Å²) in [5, 5.41) is 6.43. The molecule has 1 amide bonds. The zero-order chi connectivity index (χ0) is 24.7. The van der Waals surface area contributed by atoms with Crippen LogP contribution in [0.3, 0.4) is 0 Å². The smallest absolute Gasteiger partial charge is 0.258 e. The Labute approximate surface area is 212 Å². The lowest BCUT2D eigenvalue weighted by atomic mass is 10.1. The monoisotopic (exact) mass is 475 g/mol. The summed E-state index contributed by atoms with van der Waals surface area (Å²) in [6.07, 6.45) is -0.306. The van der Waals surface area contributed by atoms with Crippen molar-refractivity contribution in [1.82, 2.24) is 9.91 Å². The molecule has 5 heteroatoms. The molecule has 4 aromatic carbocycles. The minimum absolute atomic E-state index is 0.0179. The van der Waals surface area contributed by atoms with Gasteiger partial charge < -0.3 is 4.74 Å². The predicted octanol–water partition coefficient (Wildman–Crippen LogP) is 6.03. The van der Waals surface area contributed by atoms with Gasteiger partial charge in [-0.3, -0.25) is 9.69 Å². The van der Waals surface area contributed by atoms with Gasteiger partial charge in [0.25, 0.3) is 5.91 Å². The summed E-state index contributed by atoms with van der Waals surface area (Å²) in [5.74, 6) is 0.771. The highest BCUT2D eigenvalue weighted by Gasteiger charge is 2.39. The van der Waals surface area contributed by atoms with Crippen LogP contribution in [-0.4, -0.2) is 28.1 Å². The lowest BCUT2D eigenvalue weighted by molar-refractivity contribution is -0.128. The molecule has 180 valence electrons. The molecule has 0 spiro atoms. The van der Waals surface area contributed by atoms with Crippen LogP contribution in [0.15, 0.2) is 120 Å². The van der Waals surface area contributed by atoms with Crippen LogP contribution in [0, 0.1) is 0 Å². The summed E-state index contributed by atoms with van der Waals surface area (Å²) in [7, 11) is 0. The quantitative estimate of drug-likeness (QED) is 0.292. The van der Waals surface area contributed by atoms with E-state index in [0.717, 1.165) is 33.7 Å². The van der Waals surface area contributed by atoms with Crippen molar-refractivity contribution >= 4 is 11.6 Å². The summed E-state index contributed by atoms with van der Waals surface area (Å²) in [5.41, 5.74) is 5.07. The van der Waals surface area contributed by atoms with Crippen molar-refractivity contribution in [3.63, 3.8) is 0 Å².